The van der Waals surface area contributed by atoms with Crippen molar-refractivity contribution in [3.63, 3.8) is 0 Å². The van der Waals surface area contributed by atoms with Gasteiger partial charge in [0.05, 0.1) is 6.61 Å². The molecule has 148 valence electrons. The molecule has 1 fully saturated rings. The van der Waals surface area contributed by atoms with E-state index in [-0.39, 0.29) is 6.61 Å². The normalized spacial score (nSPS) is 29.6. The number of ether oxygens (including phenoxy) is 2. The summed E-state index contributed by atoms with van der Waals surface area (Å²) in [6.45, 7) is 2.41. The second kappa shape index (κ2) is 12.6. The van der Waals surface area contributed by atoms with Gasteiger partial charge in [0.15, 0.2) is 12.4 Å². The average Bonchev–Trinajstić information content (AvgIpc) is 2.60. The van der Waals surface area contributed by atoms with Gasteiger partial charge >= 0.3 is 5.97 Å². The molecule has 0 amide bonds. The number of carbonyl (C=O) groups excluding carboxylic acids is 1. The minimum atomic E-state index is -1.73. The summed E-state index contributed by atoms with van der Waals surface area (Å²) in [4.78, 5) is 11.9. The summed E-state index contributed by atoms with van der Waals surface area (Å²) in [7, 11) is 0. The zero-order valence-electron chi connectivity index (χ0n) is 15.2. The molecule has 4 N–H and O–H groups in total. The fourth-order valence-electron chi connectivity index (χ4n) is 2.90. The molecule has 0 aromatic carbocycles. The fraction of sp³-hybridized carbons (Fsp3) is 0.944. The fourth-order valence-corrected chi connectivity index (χ4v) is 2.90. The minimum Gasteiger partial charge on any atom is -0.464 e. The number of hydrogen-bond donors (Lipinski definition) is 4. The molecule has 0 aliphatic carbocycles. The summed E-state index contributed by atoms with van der Waals surface area (Å²) in [5.74, 6) is -0.839. The van der Waals surface area contributed by atoms with Crippen LogP contribution in [0.3, 0.4) is 0 Å². The molecule has 5 atom stereocenters. The highest BCUT2D eigenvalue weighted by Gasteiger charge is 2.46. The number of aliphatic hydroxyl groups excluding tert-OH is 4. The largest absolute Gasteiger partial charge is 0.464 e. The topological polar surface area (TPSA) is 116 Å². The lowest BCUT2D eigenvalue weighted by Gasteiger charge is -2.36. The molecular formula is C18H34O7. The quantitative estimate of drug-likeness (QED) is 0.305. The summed E-state index contributed by atoms with van der Waals surface area (Å²) < 4.78 is 9.84. The van der Waals surface area contributed by atoms with Crippen LogP contribution in [0.2, 0.25) is 0 Å². The van der Waals surface area contributed by atoms with Crippen molar-refractivity contribution < 1.29 is 34.7 Å². The van der Waals surface area contributed by atoms with Crippen molar-refractivity contribution >= 4 is 5.97 Å². The van der Waals surface area contributed by atoms with E-state index < -0.39 is 36.7 Å². The van der Waals surface area contributed by atoms with E-state index in [0.29, 0.717) is 0 Å². The van der Waals surface area contributed by atoms with Crippen molar-refractivity contribution in [1.29, 1.82) is 0 Å². The van der Waals surface area contributed by atoms with Crippen molar-refractivity contribution in [3.05, 3.63) is 0 Å². The predicted molar refractivity (Wildman–Crippen MR) is 91.7 cm³/mol. The average molecular weight is 362 g/mol. The van der Waals surface area contributed by atoms with Gasteiger partial charge in [-0.25, -0.2) is 4.79 Å². The van der Waals surface area contributed by atoms with Gasteiger partial charge in [-0.15, -0.1) is 0 Å². The first kappa shape index (κ1) is 22.3. The summed E-state index contributed by atoms with van der Waals surface area (Å²) in [6, 6.07) is 0. The molecule has 25 heavy (non-hydrogen) atoms. The third-order valence-electron chi connectivity index (χ3n) is 4.56. The van der Waals surface area contributed by atoms with E-state index in [4.69, 9.17) is 9.47 Å². The molecule has 0 bridgehead atoms. The van der Waals surface area contributed by atoms with Gasteiger partial charge in [-0.3, -0.25) is 0 Å². The summed E-state index contributed by atoms with van der Waals surface area (Å²) >= 11 is 0. The van der Waals surface area contributed by atoms with Crippen molar-refractivity contribution in [2.24, 2.45) is 0 Å². The molecule has 0 saturated carbocycles. The third-order valence-corrected chi connectivity index (χ3v) is 4.56. The third kappa shape index (κ3) is 8.00. The molecule has 7 nitrogen and oxygen atoms in total. The van der Waals surface area contributed by atoms with E-state index in [0.717, 1.165) is 19.3 Å². The van der Waals surface area contributed by atoms with Crippen LogP contribution < -0.4 is 0 Å². The summed E-state index contributed by atoms with van der Waals surface area (Å²) in [6.07, 6.45) is 3.53. The molecule has 0 aromatic heterocycles. The number of carbonyl (C=O) groups is 1. The van der Waals surface area contributed by atoms with Crippen LogP contribution in [0.5, 0.6) is 0 Å². The predicted octanol–water partition coefficient (Wildman–Crippen LogP) is 1.25. The molecule has 0 unspecified atom stereocenters. The Labute approximate surface area is 150 Å². The molecular weight excluding hydrogens is 328 g/mol. The van der Waals surface area contributed by atoms with Gasteiger partial charge in [0, 0.05) is 0 Å². The maximum atomic E-state index is 11.9. The van der Waals surface area contributed by atoms with E-state index >= 15 is 0 Å². The van der Waals surface area contributed by atoms with Crippen LogP contribution in [0.15, 0.2) is 0 Å². The highest BCUT2D eigenvalue weighted by molar-refractivity contribution is 5.75. The molecule has 0 radical (unpaired) electrons. The van der Waals surface area contributed by atoms with Gasteiger partial charge in [0.1, 0.15) is 18.3 Å². The zero-order chi connectivity index (χ0) is 18.7. The van der Waals surface area contributed by atoms with Crippen LogP contribution in [-0.4, -0.2) is 63.7 Å². The maximum Gasteiger partial charge on any atom is 0.338 e. The molecule has 1 rings (SSSR count). The Balaban J connectivity index is 2.05. The SMILES string of the molecule is CCCCCCCCCCCCOC(=O)[C@H]1O[C@@H](O)[C@H](O)[C@@H](O)[C@@H]1O. The molecule has 0 spiro atoms. The number of unbranched alkanes of at least 4 members (excludes halogenated alkanes) is 9. The maximum absolute atomic E-state index is 11.9. The number of rotatable bonds is 12. The van der Waals surface area contributed by atoms with Crippen LogP contribution in [-0.2, 0) is 14.3 Å². The first-order chi connectivity index (χ1) is 12.0. The monoisotopic (exact) mass is 362 g/mol. The summed E-state index contributed by atoms with van der Waals surface area (Å²) in [5, 5.41) is 38.0. The van der Waals surface area contributed by atoms with Gasteiger partial charge in [-0.1, -0.05) is 64.7 Å². The van der Waals surface area contributed by atoms with Crippen molar-refractivity contribution in [2.45, 2.75) is 102 Å². The Kier molecular flexibility index (Phi) is 11.2. The van der Waals surface area contributed by atoms with Gasteiger partial charge in [-0.2, -0.15) is 0 Å². The van der Waals surface area contributed by atoms with E-state index in [1.807, 2.05) is 0 Å². The molecule has 1 heterocycles. The molecule has 1 aliphatic heterocycles. The van der Waals surface area contributed by atoms with Gasteiger partial charge in [-0.05, 0) is 6.42 Å². The molecule has 0 aromatic rings. The van der Waals surface area contributed by atoms with E-state index in [9.17, 15) is 25.2 Å². The Hall–Kier alpha value is -0.730. The Morgan fingerprint density at radius 2 is 1.32 bits per heavy atom. The smallest absolute Gasteiger partial charge is 0.338 e. The second-order valence-electron chi connectivity index (χ2n) is 6.77. The lowest BCUT2D eigenvalue weighted by atomic mass is 9.99. The molecule has 1 aliphatic rings. The van der Waals surface area contributed by atoms with Crippen LogP contribution in [0.4, 0.5) is 0 Å². The van der Waals surface area contributed by atoms with Crippen LogP contribution in [0, 0.1) is 0 Å². The van der Waals surface area contributed by atoms with Crippen molar-refractivity contribution in [1.82, 2.24) is 0 Å². The lowest BCUT2D eigenvalue weighted by molar-refractivity contribution is -0.281. The standard InChI is InChI=1S/C18H34O7/c1-2-3-4-5-6-7-8-9-10-11-12-24-18(23)16-14(20)13(19)15(21)17(22)25-16/h13-17,19-22H,2-12H2,1H3/t13-,14-,15+,16-,17+/m0/s1. The second-order valence-corrected chi connectivity index (χ2v) is 6.77. The first-order valence-corrected chi connectivity index (χ1v) is 9.53. The number of esters is 1. The van der Waals surface area contributed by atoms with E-state index in [1.165, 1.54) is 44.9 Å². The highest BCUT2D eigenvalue weighted by Crippen LogP contribution is 2.21. The highest BCUT2D eigenvalue weighted by atomic mass is 16.7. The Bertz CT molecular complexity index is 363. The number of aliphatic hydroxyl groups is 4. The van der Waals surface area contributed by atoms with Crippen LogP contribution >= 0.6 is 0 Å². The minimum absolute atomic E-state index is 0.205. The summed E-state index contributed by atoms with van der Waals surface area (Å²) in [5.41, 5.74) is 0. The van der Waals surface area contributed by atoms with E-state index in [2.05, 4.69) is 6.92 Å². The number of hydrogen-bond acceptors (Lipinski definition) is 7. The molecule has 7 heteroatoms. The Morgan fingerprint density at radius 1 is 0.800 bits per heavy atom. The van der Waals surface area contributed by atoms with Crippen molar-refractivity contribution in [3.8, 4) is 0 Å². The zero-order valence-corrected chi connectivity index (χ0v) is 15.2. The van der Waals surface area contributed by atoms with Crippen molar-refractivity contribution in [2.75, 3.05) is 6.61 Å². The first-order valence-electron chi connectivity index (χ1n) is 9.53. The lowest BCUT2D eigenvalue weighted by Crippen LogP contribution is -2.59. The van der Waals surface area contributed by atoms with Gasteiger partial charge in [0.2, 0.25) is 0 Å². The van der Waals surface area contributed by atoms with Gasteiger partial charge < -0.3 is 29.9 Å². The van der Waals surface area contributed by atoms with Crippen LogP contribution in [0.25, 0.3) is 0 Å². The van der Waals surface area contributed by atoms with Gasteiger partial charge in [0.25, 0.3) is 0 Å². The molecule has 1 saturated heterocycles. The Morgan fingerprint density at radius 3 is 1.88 bits per heavy atom. The van der Waals surface area contributed by atoms with Crippen LogP contribution in [0.1, 0.15) is 71.1 Å². The van der Waals surface area contributed by atoms with E-state index in [1.54, 1.807) is 0 Å².